The van der Waals surface area contributed by atoms with E-state index in [0.29, 0.717) is 0 Å². The Morgan fingerprint density at radius 3 is 1.58 bits per heavy atom. The molecule has 0 amide bonds. The first-order valence-electron chi connectivity index (χ1n) is 15.9. The zero-order valence-electron chi connectivity index (χ0n) is 25.5. The Hall–Kier alpha value is -5.46. The molecule has 8 aromatic rings. The van der Waals surface area contributed by atoms with Crippen LogP contribution >= 0.6 is 0 Å². The Morgan fingerprint density at radius 2 is 0.844 bits per heavy atom. The second kappa shape index (κ2) is 9.78. The van der Waals surface area contributed by atoms with E-state index >= 15 is 0 Å². The molecule has 0 radical (unpaired) electrons. The average molecular weight is 573 g/mol. The smallest absolute Gasteiger partial charge is 0.0165 e. The average Bonchev–Trinajstić information content (AvgIpc) is 3.35. The zero-order chi connectivity index (χ0) is 30.1. The Kier molecular flexibility index (Phi) is 5.64. The number of hydrogen-bond acceptors (Lipinski definition) is 0. The zero-order valence-corrected chi connectivity index (χ0v) is 25.5. The normalized spacial score (nSPS) is 13.3. The molecule has 0 fully saturated rings. The van der Waals surface area contributed by atoms with Gasteiger partial charge in [-0.25, -0.2) is 0 Å². The van der Waals surface area contributed by atoms with Crippen LogP contribution in [0.1, 0.15) is 25.0 Å². The van der Waals surface area contributed by atoms with Crippen molar-refractivity contribution in [2.24, 2.45) is 0 Å². The van der Waals surface area contributed by atoms with E-state index in [4.69, 9.17) is 0 Å². The lowest BCUT2D eigenvalue weighted by atomic mass is 9.78. The lowest BCUT2D eigenvalue weighted by molar-refractivity contribution is 0.666. The summed E-state index contributed by atoms with van der Waals surface area (Å²) in [4.78, 5) is 0. The molecule has 0 unspecified atom stereocenters. The van der Waals surface area contributed by atoms with Gasteiger partial charge in [0.1, 0.15) is 0 Å². The van der Waals surface area contributed by atoms with E-state index in [-0.39, 0.29) is 5.41 Å². The third-order valence-corrected chi connectivity index (χ3v) is 10.0. The maximum Gasteiger partial charge on any atom is 0.0165 e. The summed E-state index contributed by atoms with van der Waals surface area (Å²) >= 11 is 0. The molecule has 1 aliphatic carbocycles. The molecule has 0 N–H and O–H groups in total. The van der Waals surface area contributed by atoms with Gasteiger partial charge < -0.3 is 0 Å². The van der Waals surface area contributed by atoms with Crippen LogP contribution < -0.4 is 0 Å². The minimum atomic E-state index is -0.0694. The number of rotatable bonds is 3. The third kappa shape index (κ3) is 3.92. The summed E-state index contributed by atoms with van der Waals surface area (Å²) in [5, 5.41) is 8.00. The van der Waals surface area contributed by atoms with Gasteiger partial charge in [0.25, 0.3) is 0 Å². The van der Waals surface area contributed by atoms with Crippen LogP contribution in [0.4, 0.5) is 0 Å². The molecule has 0 saturated heterocycles. The maximum atomic E-state index is 2.41. The first kappa shape index (κ1) is 26.0. The van der Waals surface area contributed by atoms with Crippen LogP contribution in [0, 0.1) is 0 Å². The van der Waals surface area contributed by atoms with Crippen molar-refractivity contribution in [2.45, 2.75) is 19.3 Å². The summed E-state index contributed by atoms with van der Waals surface area (Å²) in [5.41, 5.74) is 12.9. The van der Waals surface area contributed by atoms with Crippen molar-refractivity contribution in [1.29, 1.82) is 0 Å². The molecule has 0 saturated carbocycles. The van der Waals surface area contributed by atoms with Crippen LogP contribution in [-0.2, 0) is 5.41 Å². The van der Waals surface area contributed by atoms with Gasteiger partial charge in [-0.2, -0.15) is 0 Å². The molecule has 0 aromatic heterocycles. The molecule has 1 aliphatic rings. The number of benzene rings is 8. The fourth-order valence-corrected chi connectivity index (χ4v) is 7.88. The van der Waals surface area contributed by atoms with Gasteiger partial charge in [-0.05, 0) is 106 Å². The molecule has 212 valence electrons. The minimum absolute atomic E-state index is 0.0694. The van der Waals surface area contributed by atoms with E-state index in [1.54, 1.807) is 0 Å². The molecule has 0 spiro atoms. The molecule has 8 aromatic carbocycles. The second-order valence-corrected chi connectivity index (χ2v) is 12.9. The molecule has 0 aliphatic heterocycles. The number of hydrogen-bond donors (Lipinski definition) is 0. The van der Waals surface area contributed by atoms with Crippen molar-refractivity contribution in [3.8, 4) is 44.5 Å². The first-order valence-corrected chi connectivity index (χ1v) is 15.9. The van der Waals surface area contributed by atoms with Crippen molar-refractivity contribution in [1.82, 2.24) is 0 Å². The van der Waals surface area contributed by atoms with E-state index in [9.17, 15) is 0 Å². The maximum absolute atomic E-state index is 2.41. The van der Waals surface area contributed by atoms with E-state index in [2.05, 4.69) is 172 Å². The van der Waals surface area contributed by atoms with Gasteiger partial charge >= 0.3 is 0 Å². The van der Waals surface area contributed by atoms with Crippen LogP contribution in [0.5, 0.6) is 0 Å². The first-order chi connectivity index (χ1) is 22.1. The van der Waals surface area contributed by atoms with E-state index in [0.717, 1.165) is 0 Å². The highest BCUT2D eigenvalue weighted by Crippen LogP contribution is 2.53. The van der Waals surface area contributed by atoms with E-state index in [1.807, 2.05) is 0 Å². The minimum Gasteiger partial charge on any atom is -0.0622 e. The van der Waals surface area contributed by atoms with Gasteiger partial charge in [0.05, 0.1) is 0 Å². The summed E-state index contributed by atoms with van der Waals surface area (Å²) in [6.07, 6.45) is 0. The summed E-state index contributed by atoms with van der Waals surface area (Å²) in [6.45, 7) is 4.78. The van der Waals surface area contributed by atoms with E-state index < -0.39 is 0 Å². The Balaban J connectivity index is 1.23. The lowest BCUT2D eigenvalue weighted by Crippen LogP contribution is -2.15. The van der Waals surface area contributed by atoms with Crippen molar-refractivity contribution >= 4 is 32.3 Å². The van der Waals surface area contributed by atoms with Crippen molar-refractivity contribution in [3.05, 3.63) is 169 Å². The molecular weight excluding hydrogens is 540 g/mol. The van der Waals surface area contributed by atoms with Crippen molar-refractivity contribution in [2.75, 3.05) is 0 Å². The predicted molar refractivity (Wildman–Crippen MR) is 193 cm³/mol. The summed E-state index contributed by atoms with van der Waals surface area (Å²) in [6, 6.07) is 58.2. The third-order valence-electron chi connectivity index (χ3n) is 10.0. The molecule has 0 heteroatoms. The topological polar surface area (TPSA) is 0 Å². The molecule has 0 heterocycles. The van der Waals surface area contributed by atoms with Crippen LogP contribution in [0.25, 0.3) is 76.8 Å². The monoisotopic (exact) mass is 572 g/mol. The van der Waals surface area contributed by atoms with Gasteiger partial charge in [-0.1, -0.05) is 153 Å². The van der Waals surface area contributed by atoms with Crippen LogP contribution in [0.15, 0.2) is 158 Å². The van der Waals surface area contributed by atoms with Gasteiger partial charge in [0.15, 0.2) is 0 Å². The molecule has 0 nitrogen and oxygen atoms in total. The summed E-state index contributed by atoms with van der Waals surface area (Å²) < 4.78 is 0. The highest BCUT2D eigenvalue weighted by molar-refractivity contribution is 6.28. The summed E-state index contributed by atoms with van der Waals surface area (Å²) in [5.74, 6) is 0. The molecule has 45 heavy (non-hydrogen) atoms. The van der Waals surface area contributed by atoms with Crippen LogP contribution in [0.3, 0.4) is 0 Å². The highest BCUT2D eigenvalue weighted by atomic mass is 14.4. The quantitative estimate of drug-likeness (QED) is 0.185. The van der Waals surface area contributed by atoms with Crippen LogP contribution in [-0.4, -0.2) is 0 Å². The molecule has 0 bridgehead atoms. The molecule has 0 atom stereocenters. The van der Waals surface area contributed by atoms with Crippen molar-refractivity contribution in [3.63, 3.8) is 0 Å². The van der Waals surface area contributed by atoms with Gasteiger partial charge in [-0.15, -0.1) is 0 Å². The summed E-state index contributed by atoms with van der Waals surface area (Å²) in [7, 11) is 0. The fraction of sp³-hybridized carbons (Fsp3) is 0.0667. The Morgan fingerprint density at radius 1 is 0.333 bits per heavy atom. The van der Waals surface area contributed by atoms with Gasteiger partial charge in [0.2, 0.25) is 0 Å². The largest absolute Gasteiger partial charge is 0.0622 e. The number of fused-ring (bicyclic) bond motifs is 10. The Labute approximate surface area is 264 Å². The molecule has 9 rings (SSSR count). The molecular formula is C45H32. The lowest BCUT2D eigenvalue weighted by Gasteiger charge is -2.24. The van der Waals surface area contributed by atoms with Crippen molar-refractivity contribution < 1.29 is 0 Å². The second-order valence-electron chi connectivity index (χ2n) is 12.9. The Bertz CT molecular complexity index is 2420. The fourth-order valence-electron chi connectivity index (χ4n) is 7.88. The van der Waals surface area contributed by atoms with Crippen LogP contribution in [0.2, 0.25) is 0 Å². The SMILES string of the molecule is CC1(C)c2ccccc2-c2ccc3c4ccc(-c5cccc(-c6cccc(-c7ccccc7)c6)c5)cc4c4ccccc4c3c21. The predicted octanol–water partition coefficient (Wildman–Crippen LogP) is 12.5. The van der Waals surface area contributed by atoms with Gasteiger partial charge in [-0.3, -0.25) is 0 Å². The van der Waals surface area contributed by atoms with E-state index in [1.165, 1.54) is 88.0 Å². The highest BCUT2D eigenvalue weighted by Gasteiger charge is 2.37. The standard InChI is InChI=1S/C45H32/c1-45(2)42-21-9-8-19-37(42)40-25-24-39-36-23-22-34(28-41(36)35-18-6-7-20-38(35)43(39)44(40)45)33-17-11-16-32(27-33)31-15-10-14-30(26-31)29-12-4-3-5-13-29/h3-28H,1-2H3. The van der Waals surface area contributed by atoms with Gasteiger partial charge in [0, 0.05) is 5.41 Å².